The van der Waals surface area contributed by atoms with Crippen LogP contribution in [-0.4, -0.2) is 26.9 Å². The Labute approximate surface area is 114 Å². The Morgan fingerprint density at radius 1 is 1.21 bits per heavy atom. The van der Waals surface area contributed by atoms with E-state index in [0.717, 1.165) is 10.9 Å². The molecule has 0 atom stereocenters. The Hall–Kier alpha value is -2.14. The molecule has 3 aromatic rings. The van der Waals surface area contributed by atoms with Crippen LogP contribution >= 0.6 is 11.6 Å². The molecule has 0 aliphatic rings. The maximum absolute atomic E-state index is 5.95. The molecule has 2 aromatic heterocycles. The standard InChI is InChI=1S/C13H11ClN4O/c1-8-3-4-10-9(5-8)7-15-18(10)12-6-11(14)16-13(17-12)19-2/h3-7H,1-2H3. The molecule has 0 radical (unpaired) electrons. The van der Waals surface area contributed by atoms with Crippen LogP contribution in [-0.2, 0) is 0 Å². The molecule has 5 nitrogen and oxygen atoms in total. The number of fused-ring (bicyclic) bond motifs is 1. The monoisotopic (exact) mass is 274 g/mol. The van der Waals surface area contributed by atoms with E-state index in [4.69, 9.17) is 16.3 Å². The van der Waals surface area contributed by atoms with Crippen LogP contribution in [0.4, 0.5) is 0 Å². The summed E-state index contributed by atoms with van der Waals surface area (Å²) in [5.74, 6) is 0.579. The van der Waals surface area contributed by atoms with E-state index in [2.05, 4.69) is 21.1 Å². The van der Waals surface area contributed by atoms with Gasteiger partial charge in [-0.05, 0) is 19.1 Å². The lowest BCUT2D eigenvalue weighted by Crippen LogP contribution is -2.02. The predicted molar refractivity (Wildman–Crippen MR) is 73.0 cm³/mol. The second kappa shape index (κ2) is 4.51. The molecule has 0 aliphatic heterocycles. The summed E-state index contributed by atoms with van der Waals surface area (Å²) in [4.78, 5) is 8.20. The lowest BCUT2D eigenvalue weighted by molar-refractivity contribution is 0.379. The van der Waals surface area contributed by atoms with Gasteiger partial charge in [-0.2, -0.15) is 15.1 Å². The van der Waals surface area contributed by atoms with Gasteiger partial charge < -0.3 is 4.74 Å². The number of halogens is 1. The maximum Gasteiger partial charge on any atom is 0.319 e. The molecule has 1 aromatic carbocycles. The number of methoxy groups -OCH3 is 1. The van der Waals surface area contributed by atoms with Crippen molar-refractivity contribution in [3.63, 3.8) is 0 Å². The van der Waals surface area contributed by atoms with E-state index in [9.17, 15) is 0 Å². The van der Waals surface area contributed by atoms with Crippen molar-refractivity contribution >= 4 is 22.5 Å². The fourth-order valence-electron chi connectivity index (χ4n) is 1.92. The quantitative estimate of drug-likeness (QED) is 0.674. The van der Waals surface area contributed by atoms with Gasteiger partial charge in [0.15, 0.2) is 5.82 Å². The zero-order valence-electron chi connectivity index (χ0n) is 10.5. The molecular formula is C13H11ClN4O. The van der Waals surface area contributed by atoms with E-state index in [1.54, 1.807) is 16.9 Å². The number of hydrogen-bond donors (Lipinski definition) is 0. The first-order valence-electron chi connectivity index (χ1n) is 5.71. The van der Waals surface area contributed by atoms with Crippen molar-refractivity contribution in [2.75, 3.05) is 7.11 Å². The number of aromatic nitrogens is 4. The fourth-order valence-corrected chi connectivity index (χ4v) is 2.09. The SMILES string of the molecule is COc1nc(Cl)cc(-n2ncc3cc(C)ccc32)n1. The molecule has 96 valence electrons. The summed E-state index contributed by atoms with van der Waals surface area (Å²) in [5, 5.41) is 5.70. The molecule has 19 heavy (non-hydrogen) atoms. The molecule has 0 N–H and O–H groups in total. The molecule has 0 spiro atoms. The third-order valence-corrected chi connectivity index (χ3v) is 2.98. The van der Waals surface area contributed by atoms with Crippen LogP contribution in [0, 0.1) is 6.92 Å². The number of rotatable bonds is 2. The molecule has 0 amide bonds. The van der Waals surface area contributed by atoms with Crippen LogP contribution in [0.2, 0.25) is 5.15 Å². The summed E-state index contributed by atoms with van der Waals surface area (Å²) < 4.78 is 6.73. The van der Waals surface area contributed by atoms with Gasteiger partial charge in [0.2, 0.25) is 0 Å². The third kappa shape index (κ3) is 2.13. The van der Waals surface area contributed by atoms with E-state index in [-0.39, 0.29) is 6.01 Å². The summed E-state index contributed by atoms with van der Waals surface area (Å²) >= 11 is 5.95. The molecule has 0 bridgehead atoms. The highest BCUT2D eigenvalue weighted by Gasteiger charge is 2.09. The second-order valence-corrected chi connectivity index (χ2v) is 4.54. The Kier molecular flexibility index (Phi) is 2.83. The van der Waals surface area contributed by atoms with E-state index in [1.807, 2.05) is 19.1 Å². The van der Waals surface area contributed by atoms with Gasteiger partial charge in [0, 0.05) is 11.5 Å². The van der Waals surface area contributed by atoms with Gasteiger partial charge in [-0.15, -0.1) is 0 Å². The molecule has 0 unspecified atom stereocenters. The molecule has 6 heteroatoms. The first-order chi connectivity index (χ1) is 9.17. The molecule has 2 heterocycles. The van der Waals surface area contributed by atoms with Crippen LogP contribution in [0.3, 0.4) is 0 Å². The van der Waals surface area contributed by atoms with Crippen LogP contribution < -0.4 is 4.74 Å². The summed E-state index contributed by atoms with van der Waals surface area (Å²) in [6, 6.07) is 7.97. The lowest BCUT2D eigenvalue weighted by atomic mass is 10.2. The van der Waals surface area contributed by atoms with Gasteiger partial charge in [-0.1, -0.05) is 23.2 Å². The van der Waals surface area contributed by atoms with Crippen molar-refractivity contribution in [1.29, 1.82) is 0 Å². The largest absolute Gasteiger partial charge is 0.467 e. The van der Waals surface area contributed by atoms with Crippen molar-refractivity contribution in [3.05, 3.63) is 41.2 Å². The smallest absolute Gasteiger partial charge is 0.319 e. The van der Waals surface area contributed by atoms with Crippen molar-refractivity contribution in [3.8, 4) is 11.8 Å². The predicted octanol–water partition coefficient (Wildman–Crippen LogP) is 2.79. The summed E-state index contributed by atoms with van der Waals surface area (Å²) in [6.45, 7) is 2.04. The van der Waals surface area contributed by atoms with Crippen LogP contribution in [0.25, 0.3) is 16.7 Å². The third-order valence-electron chi connectivity index (χ3n) is 2.78. The topological polar surface area (TPSA) is 52.8 Å². The summed E-state index contributed by atoms with van der Waals surface area (Å²) in [7, 11) is 1.50. The van der Waals surface area contributed by atoms with Crippen molar-refractivity contribution in [2.24, 2.45) is 0 Å². The minimum absolute atomic E-state index is 0.221. The van der Waals surface area contributed by atoms with E-state index < -0.39 is 0 Å². The minimum Gasteiger partial charge on any atom is -0.467 e. The zero-order chi connectivity index (χ0) is 13.4. The number of aryl methyl sites for hydroxylation is 1. The van der Waals surface area contributed by atoms with Crippen molar-refractivity contribution in [2.45, 2.75) is 6.92 Å². The molecule has 0 fully saturated rings. The van der Waals surface area contributed by atoms with E-state index >= 15 is 0 Å². The number of hydrogen-bond acceptors (Lipinski definition) is 4. The molecule has 0 aliphatic carbocycles. The average molecular weight is 275 g/mol. The first kappa shape index (κ1) is 11.9. The minimum atomic E-state index is 0.221. The molecule has 0 saturated carbocycles. The van der Waals surface area contributed by atoms with Gasteiger partial charge >= 0.3 is 6.01 Å². The van der Waals surface area contributed by atoms with E-state index in [1.165, 1.54) is 12.7 Å². The molecular weight excluding hydrogens is 264 g/mol. The van der Waals surface area contributed by atoms with Crippen LogP contribution in [0.1, 0.15) is 5.56 Å². The highest BCUT2D eigenvalue weighted by Crippen LogP contribution is 2.21. The van der Waals surface area contributed by atoms with E-state index in [0.29, 0.717) is 11.0 Å². The number of benzene rings is 1. The highest BCUT2D eigenvalue weighted by molar-refractivity contribution is 6.29. The lowest BCUT2D eigenvalue weighted by Gasteiger charge is -2.05. The van der Waals surface area contributed by atoms with Gasteiger partial charge in [0.25, 0.3) is 0 Å². The van der Waals surface area contributed by atoms with Crippen molar-refractivity contribution < 1.29 is 4.74 Å². The summed E-state index contributed by atoms with van der Waals surface area (Å²) in [6.07, 6.45) is 1.80. The zero-order valence-corrected chi connectivity index (χ0v) is 11.2. The normalized spacial score (nSPS) is 10.9. The van der Waals surface area contributed by atoms with Gasteiger partial charge in [0.05, 0.1) is 18.8 Å². The number of nitrogens with zero attached hydrogens (tertiary/aromatic N) is 4. The van der Waals surface area contributed by atoms with Gasteiger partial charge in [0.1, 0.15) is 5.15 Å². The van der Waals surface area contributed by atoms with Gasteiger partial charge in [-0.3, -0.25) is 0 Å². The molecule has 0 saturated heterocycles. The second-order valence-electron chi connectivity index (χ2n) is 4.15. The van der Waals surface area contributed by atoms with Crippen LogP contribution in [0.15, 0.2) is 30.5 Å². The number of ether oxygens (including phenoxy) is 1. The highest BCUT2D eigenvalue weighted by atomic mass is 35.5. The Balaban J connectivity index is 2.21. The fraction of sp³-hybridized carbons (Fsp3) is 0.154. The average Bonchev–Trinajstić information content (AvgIpc) is 2.80. The van der Waals surface area contributed by atoms with Crippen molar-refractivity contribution in [1.82, 2.24) is 19.7 Å². The molecule has 3 rings (SSSR count). The van der Waals surface area contributed by atoms with Crippen LogP contribution in [0.5, 0.6) is 6.01 Å². The maximum atomic E-state index is 5.95. The Morgan fingerprint density at radius 2 is 2.05 bits per heavy atom. The Morgan fingerprint density at radius 3 is 2.84 bits per heavy atom. The van der Waals surface area contributed by atoms with Gasteiger partial charge in [-0.25, -0.2) is 4.68 Å². The first-order valence-corrected chi connectivity index (χ1v) is 6.08. The summed E-state index contributed by atoms with van der Waals surface area (Å²) in [5.41, 5.74) is 2.15. The Bertz CT molecular complexity index is 753.